The summed E-state index contributed by atoms with van der Waals surface area (Å²) in [6.07, 6.45) is 1.59. The van der Waals surface area contributed by atoms with Crippen LogP contribution < -0.4 is 5.73 Å². The zero-order valence-corrected chi connectivity index (χ0v) is 9.68. The van der Waals surface area contributed by atoms with Gasteiger partial charge in [-0.1, -0.05) is 5.16 Å². The summed E-state index contributed by atoms with van der Waals surface area (Å²) in [7, 11) is 0. The molecule has 1 aliphatic heterocycles. The van der Waals surface area contributed by atoms with E-state index in [2.05, 4.69) is 5.16 Å². The molecule has 1 fully saturated rings. The number of nitrogens with zero attached hydrogens (tertiary/aromatic N) is 2. The molecule has 2 heterocycles. The van der Waals surface area contributed by atoms with Crippen LogP contribution >= 0.6 is 0 Å². The molecule has 6 nitrogen and oxygen atoms in total. The second-order valence-corrected chi connectivity index (χ2v) is 4.26. The van der Waals surface area contributed by atoms with Crippen LogP contribution in [0.4, 0.5) is 0 Å². The fourth-order valence-electron chi connectivity index (χ4n) is 2.11. The van der Waals surface area contributed by atoms with E-state index in [9.17, 15) is 9.59 Å². The Morgan fingerprint density at radius 2 is 2.41 bits per heavy atom. The monoisotopic (exact) mass is 237 g/mol. The molecule has 1 aromatic rings. The molecule has 17 heavy (non-hydrogen) atoms. The molecule has 0 spiro atoms. The molecule has 2 rings (SSSR count). The average Bonchev–Trinajstić information content (AvgIpc) is 2.86. The Kier molecular flexibility index (Phi) is 3.12. The highest BCUT2D eigenvalue weighted by atomic mass is 16.5. The number of nitrogens with two attached hydrogens (primary N) is 1. The smallest absolute Gasteiger partial charge is 0.240 e. The van der Waals surface area contributed by atoms with Crippen LogP contribution in [0, 0.1) is 6.92 Å². The van der Waals surface area contributed by atoms with Gasteiger partial charge in [-0.15, -0.1) is 0 Å². The third-order valence-corrected chi connectivity index (χ3v) is 2.90. The van der Waals surface area contributed by atoms with Crippen molar-refractivity contribution in [2.45, 2.75) is 32.2 Å². The number of aryl methyl sites for hydroxylation is 1. The number of hydrogen-bond acceptors (Lipinski definition) is 4. The molecule has 0 bridgehead atoms. The lowest BCUT2D eigenvalue weighted by atomic mass is 10.2. The Labute approximate surface area is 98.7 Å². The first-order valence-electron chi connectivity index (χ1n) is 5.59. The van der Waals surface area contributed by atoms with Crippen LogP contribution in [0.25, 0.3) is 0 Å². The van der Waals surface area contributed by atoms with Gasteiger partial charge in [0.05, 0.1) is 12.1 Å². The van der Waals surface area contributed by atoms with E-state index in [1.165, 1.54) is 4.90 Å². The fraction of sp³-hybridized carbons (Fsp3) is 0.545. The average molecular weight is 237 g/mol. The largest absolute Gasteiger partial charge is 0.368 e. The van der Waals surface area contributed by atoms with Crippen molar-refractivity contribution in [2.75, 3.05) is 6.54 Å². The van der Waals surface area contributed by atoms with Gasteiger partial charge in [0.2, 0.25) is 11.8 Å². The minimum Gasteiger partial charge on any atom is -0.368 e. The predicted octanol–water partition coefficient (Wildman–Crippen LogP) is 0.00182. The first-order valence-corrected chi connectivity index (χ1v) is 5.59. The van der Waals surface area contributed by atoms with Gasteiger partial charge in [0.25, 0.3) is 0 Å². The van der Waals surface area contributed by atoms with Crippen LogP contribution in [0.5, 0.6) is 0 Å². The minimum atomic E-state index is -0.466. The lowest BCUT2D eigenvalue weighted by Gasteiger charge is -2.21. The summed E-state index contributed by atoms with van der Waals surface area (Å²) in [5, 5.41) is 3.71. The lowest BCUT2D eigenvalue weighted by molar-refractivity contribution is -0.137. The zero-order chi connectivity index (χ0) is 12.4. The van der Waals surface area contributed by atoms with E-state index in [1.807, 2.05) is 0 Å². The number of amides is 2. The van der Waals surface area contributed by atoms with Crippen LogP contribution in [0.2, 0.25) is 0 Å². The summed E-state index contributed by atoms with van der Waals surface area (Å²) in [5.74, 6) is -0.0605. The molecule has 6 heteroatoms. The molecule has 1 aliphatic rings. The number of likely N-dealkylation sites (tertiary alicyclic amines) is 1. The molecule has 0 saturated carbocycles. The van der Waals surface area contributed by atoms with E-state index in [1.54, 1.807) is 13.0 Å². The second-order valence-electron chi connectivity index (χ2n) is 4.26. The molecular formula is C11H15N3O3. The van der Waals surface area contributed by atoms with Gasteiger partial charge in [-0.25, -0.2) is 0 Å². The third kappa shape index (κ3) is 2.46. The number of rotatable bonds is 3. The molecule has 1 saturated heterocycles. The topological polar surface area (TPSA) is 89.4 Å². The van der Waals surface area contributed by atoms with Crippen molar-refractivity contribution < 1.29 is 14.1 Å². The Bertz CT molecular complexity index is 441. The SMILES string of the molecule is Cc1cc(CC(=O)N2CCC[C@@H]2C(N)=O)on1. The van der Waals surface area contributed by atoms with Crippen molar-refractivity contribution in [1.29, 1.82) is 0 Å². The van der Waals surface area contributed by atoms with Crippen molar-refractivity contribution in [2.24, 2.45) is 5.73 Å². The Hall–Kier alpha value is -1.85. The fourth-order valence-corrected chi connectivity index (χ4v) is 2.11. The van der Waals surface area contributed by atoms with Crippen molar-refractivity contribution in [3.05, 3.63) is 17.5 Å². The lowest BCUT2D eigenvalue weighted by Crippen LogP contribution is -2.44. The van der Waals surface area contributed by atoms with E-state index in [0.29, 0.717) is 18.7 Å². The summed E-state index contributed by atoms with van der Waals surface area (Å²) < 4.78 is 4.98. The van der Waals surface area contributed by atoms with E-state index in [0.717, 1.165) is 12.1 Å². The molecule has 92 valence electrons. The first-order chi connectivity index (χ1) is 8.08. The molecule has 2 N–H and O–H groups in total. The van der Waals surface area contributed by atoms with E-state index < -0.39 is 11.9 Å². The maximum absolute atomic E-state index is 12.0. The third-order valence-electron chi connectivity index (χ3n) is 2.90. The van der Waals surface area contributed by atoms with Crippen LogP contribution in [-0.4, -0.2) is 34.5 Å². The Balaban J connectivity index is 2.02. The molecule has 0 unspecified atom stereocenters. The van der Waals surface area contributed by atoms with Crippen LogP contribution in [0.3, 0.4) is 0 Å². The number of carbonyl (C=O) groups excluding carboxylic acids is 2. The molecule has 0 aromatic carbocycles. The van der Waals surface area contributed by atoms with Crippen molar-refractivity contribution in [1.82, 2.24) is 10.1 Å². The van der Waals surface area contributed by atoms with E-state index in [-0.39, 0.29) is 12.3 Å². The van der Waals surface area contributed by atoms with E-state index >= 15 is 0 Å². The maximum atomic E-state index is 12.0. The molecule has 1 aromatic heterocycles. The molecule has 0 aliphatic carbocycles. The quantitative estimate of drug-likeness (QED) is 0.801. The zero-order valence-electron chi connectivity index (χ0n) is 9.68. The van der Waals surface area contributed by atoms with Crippen molar-refractivity contribution in [3.8, 4) is 0 Å². The van der Waals surface area contributed by atoms with Crippen LogP contribution in [-0.2, 0) is 16.0 Å². The van der Waals surface area contributed by atoms with Gasteiger partial charge in [0, 0.05) is 12.6 Å². The van der Waals surface area contributed by atoms with Gasteiger partial charge in [0.1, 0.15) is 11.8 Å². The van der Waals surface area contributed by atoms with E-state index in [4.69, 9.17) is 10.3 Å². The number of carbonyl (C=O) groups is 2. The number of primary amides is 1. The predicted molar refractivity (Wildman–Crippen MR) is 58.9 cm³/mol. The van der Waals surface area contributed by atoms with Gasteiger partial charge < -0.3 is 15.2 Å². The highest BCUT2D eigenvalue weighted by Crippen LogP contribution is 2.18. The number of hydrogen-bond donors (Lipinski definition) is 1. The van der Waals surface area contributed by atoms with Gasteiger partial charge in [-0.2, -0.15) is 0 Å². The molecule has 2 amide bonds. The summed E-state index contributed by atoms with van der Waals surface area (Å²) in [6, 6.07) is 1.25. The van der Waals surface area contributed by atoms with Gasteiger partial charge >= 0.3 is 0 Å². The molecule has 1 atom stereocenters. The van der Waals surface area contributed by atoms with Crippen molar-refractivity contribution in [3.63, 3.8) is 0 Å². The van der Waals surface area contributed by atoms with Crippen LogP contribution in [0.15, 0.2) is 10.6 Å². The first kappa shape index (κ1) is 11.6. The number of aromatic nitrogens is 1. The van der Waals surface area contributed by atoms with Gasteiger partial charge in [-0.3, -0.25) is 9.59 Å². The Morgan fingerprint density at radius 3 is 3.00 bits per heavy atom. The van der Waals surface area contributed by atoms with Crippen molar-refractivity contribution >= 4 is 11.8 Å². The van der Waals surface area contributed by atoms with Gasteiger partial charge in [0.15, 0.2) is 0 Å². The normalized spacial score (nSPS) is 19.6. The highest BCUT2D eigenvalue weighted by Gasteiger charge is 2.32. The summed E-state index contributed by atoms with van der Waals surface area (Å²) >= 11 is 0. The Morgan fingerprint density at radius 1 is 1.65 bits per heavy atom. The summed E-state index contributed by atoms with van der Waals surface area (Å²) in [4.78, 5) is 24.7. The standard InChI is InChI=1S/C11H15N3O3/c1-7-5-8(17-13-7)6-10(15)14-4-2-3-9(14)11(12)16/h5,9H,2-4,6H2,1H3,(H2,12,16)/t9-/m1/s1. The van der Waals surface area contributed by atoms with Crippen LogP contribution in [0.1, 0.15) is 24.3 Å². The second kappa shape index (κ2) is 4.57. The molecule has 0 radical (unpaired) electrons. The maximum Gasteiger partial charge on any atom is 0.240 e. The summed E-state index contributed by atoms with van der Waals surface area (Å²) in [6.45, 7) is 2.37. The minimum absolute atomic E-state index is 0.130. The van der Waals surface area contributed by atoms with Gasteiger partial charge in [-0.05, 0) is 19.8 Å². The molecular weight excluding hydrogens is 222 g/mol. The summed E-state index contributed by atoms with van der Waals surface area (Å²) in [5.41, 5.74) is 5.99. The highest BCUT2D eigenvalue weighted by molar-refractivity contribution is 5.87.